The summed E-state index contributed by atoms with van der Waals surface area (Å²) in [5, 5.41) is 25.5. The number of aromatic nitrogens is 1. The average molecular weight is 198 g/mol. The third kappa shape index (κ3) is 2.74. The molecule has 0 amide bonds. The van der Waals surface area contributed by atoms with Gasteiger partial charge < -0.3 is 14.7 Å². The van der Waals surface area contributed by atoms with Gasteiger partial charge >= 0.3 is 0 Å². The number of hydrogen-bond donors (Lipinski definition) is 2. The normalized spacial score (nSPS) is 14.4. The molecule has 0 spiro atoms. The van der Waals surface area contributed by atoms with E-state index in [1.807, 2.05) is 0 Å². The van der Waals surface area contributed by atoms with Gasteiger partial charge in [0, 0.05) is 17.0 Å². The zero-order valence-corrected chi connectivity index (χ0v) is 7.32. The minimum atomic E-state index is -1.06. The summed E-state index contributed by atoms with van der Waals surface area (Å²) in [5.74, 6) is 0. The number of azide groups is 1. The fraction of sp³-hybridized carbons (Fsp3) is 0.571. The molecule has 0 saturated carbocycles. The van der Waals surface area contributed by atoms with Gasteiger partial charge in [-0.15, -0.1) is 0 Å². The van der Waals surface area contributed by atoms with Gasteiger partial charge in [-0.05, 0) is 12.0 Å². The molecule has 0 aliphatic rings. The molecule has 7 nitrogen and oxygen atoms in total. The smallest absolute Gasteiger partial charge is 0.129 e. The van der Waals surface area contributed by atoms with E-state index in [-0.39, 0.29) is 13.0 Å². The molecule has 7 heteroatoms. The maximum Gasteiger partial charge on any atom is 0.129 e. The van der Waals surface area contributed by atoms with Crippen molar-refractivity contribution < 1.29 is 14.7 Å². The quantitative estimate of drug-likeness (QED) is 0.413. The molecule has 2 unspecified atom stereocenters. The molecule has 14 heavy (non-hydrogen) atoms. The van der Waals surface area contributed by atoms with Crippen LogP contribution in [0.2, 0.25) is 0 Å². The Kier molecular flexibility index (Phi) is 3.93. The molecule has 1 rings (SSSR count). The molecule has 0 aromatic carbocycles. The first-order chi connectivity index (χ1) is 6.75. The van der Waals surface area contributed by atoms with Crippen molar-refractivity contribution in [1.29, 1.82) is 0 Å². The van der Waals surface area contributed by atoms with Crippen LogP contribution in [-0.2, 0) is 0 Å². The minimum absolute atomic E-state index is 0.139. The van der Waals surface area contributed by atoms with Gasteiger partial charge in [-0.2, -0.15) is 0 Å². The summed E-state index contributed by atoms with van der Waals surface area (Å²) < 4.78 is 4.51. The maximum absolute atomic E-state index is 9.49. The zero-order chi connectivity index (χ0) is 10.4. The summed E-state index contributed by atoms with van der Waals surface area (Å²) >= 11 is 0. The Morgan fingerprint density at radius 2 is 2.43 bits per heavy atom. The molecule has 0 aliphatic carbocycles. The second kappa shape index (κ2) is 5.23. The molecular formula is C7H10N4O3. The van der Waals surface area contributed by atoms with Crippen LogP contribution in [0.1, 0.15) is 18.1 Å². The van der Waals surface area contributed by atoms with Gasteiger partial charge in [0.25, 0.3) is 0 Å². The highest BCUT2D eigenvalue weighted by atomic mass is 16.5. The van der Waals surface area contributed by atoms with E-state index in [1.54, 1.807) is 0 Å². The maximum atomic E-state index is 9.49. The topological polar surface area (TPSA) is 115 Å². The summed E-state index contributed by atoms with van der Waals surface area (Å²) in [5.41, 5.74) is 8.39. The van der Waals surface area contributed by atoms with E-state index in [0.717, 1.165) is 0 Å². The van der Waals surface area contributed by atoms with Gasteiger partial charge in [-0.3, -0.25) is 0 Å². The van der Waals surface area contributed by atoms with E-state index in [1.165, 1.54) is 12.5 Å². The molecular weight excluding hydrogens is 188 g/mol. The van der Waals surface area contributed by atoms with Crippen LogP contribution in [0.25, 0.3) is 10.4 Å². The van der Waals surface area contributed by atoms with Crippen molar-refractivity contribution in [3.05, 3.63) is 28.5 Å². The molecule has 0 fully saturated rings. The van der Waals surface area contributed by atoms with Crippen molar-refractivity contribution in [3.8, 4) is 0 Å². The van der Waals surface area contributed by atoms with Crippen molar-refractivity contribution >= 4 is 0 Å². The average Bonchev–Trinajstić information content (AvgIpc) is 2.69. The van der Waals surface area contributed by atoms with Crippen LogP contribution in [0, 0.1) is 0 Å². The highest BCUT2D eigenvalue weighted by Gasteiger charge is 2.19. The van der Waals surface area contributed by atoms with Crippen molar-refractivity contribution in [1.82, 2.24) is 5.16 Å². The van der Waals surface area contributed by atoms with Crippen LogP contribution < -0.4 is 0 Å². The predicted molar refractivity (Wildman–Crippen MR) is 46.1 cm³/mol. The molecule has 2 N–H and O–H groups in total. The fourth-order valence-corrected chi connectivity index (χ4v) is 0.974. The minimum Gasteiger partial charge on any atom is -0.390 e. The van der Waals surface area contributed by atoms with E-state index >= 15 is 0 Å². The van der Waals surface area contributed by atoms with Crippen molar-refractivity contribution in [2.24, 2.45) is 5.11 Å². The molecule has 76 valence electrons. The summed E-state index contributed by atoms with van der Waals surface area (Å²) in [4.78, 5) is 2.53. The number of hydrogen-bond acceptors (Lipinski definition) is 5. The van der Waals surface area contributed by atoms with E-state index in [9.17, 15) is 10.2 Å². The van der Waals surface area contributed by atoms with Gasteiger partial charge in [0.1, 0.15) is 12.4 Å². The lowest BCUT2D eigenvalue weighted by Crippen LogP contribution is -2.18. The largest absolute Gasteiger partial charge is 0.390 e. The molecule has 0 bridgehead atoms. The van der Waals surface area contributed by atoms with E-state index in [2.05, 4.69) is 19.7 Å². The fourth-order valence-electron chi connectivity index (χ4n) is 0.974. The van der Waals surface area contributed by atoms with Gasteiger partial charge in [0.15, 0.2) is 0 Å². The Bertz CT molecular complexity index is 307. The van der Waals surface area contributed by atoms with Gasteiger partial charge in [-0.25, -0.2) is 0 Å². The van der Waals surface area contributed by atoms with E-state index in [0.29, 0.717) is 5.56 Å². The summed E-state index contributed by atoms with van der Waals surface area (Å²) in [7, 11) is 0. The van der Waals surface area contributed by atoms with Crippen LogP contribution in [0.5, 0.6) is 0 Å². The first-order valence-corrected chi connectivity index (χ1v) is 4.02. The molecule has 1 aromatic heterocycles. The third-order valence-electron chi connectivity index (χ3n) is 1.75. The standard InChI is InChI=1S/C7H10N4O3/c8-11-9-2-1-6(12)7(13)5-3-10-14-4-5/h3-4,6-7,12-13H,1-2H2. The molecule has 0 aliphatic heterocycles. The highest BCUT2D eigenvalue weighted by molar-refractivity contribution is 5.06. The molecule has 0 saturated heterocycles. The van der Waals surface area contributed by atoms with Crippen molar-refractivity contribution in [2.75, 3.05) is 6.54 Å². The third-order valence-corrected chi connectivity index (χ3v) is 1.75. The van der Waals surface area contributed by atoms with Crippen LogP contribution in [-0.4, -0.2) is 28.0 Å². The van der Waals surface area contributed by atoms with Crippen LogP contribution in [0.4, 0.5) is 0 Å². The molecule has 2 atom stereocenters. The van der Waals surface area contributed by atoms with Gasteiger partial charge in [0.2, 0.25) is 0 Å². The summed E-state index contributed by atoms with van der Waals surface area (Å²) in [6, 6.07) is 0. The van der Waals surface area contributed by atoms with Crippen LogP contribution >= 0.6 is 0 Å². The lowest BCUT2D eigenvalue weighted by atomic mass is 10.1. The van der Waals surface area contributed by atoms with E-state index < -0.39 is 12.2 Å². The Labute approximate surface area is 79.6 Å². The number of nitrogens with zero attached hydrogens (tertiary/aromatic N) is 4. The molecule has 0 radical (unpaired) electrons. The van der Waals surface area contributed by atoms with E-state index in [4.69, 9.17) is 5.53 Å². The zero-order valence-electron chi connectivity index (χ0n) is 7.32. The second-order valence-corrected chi connectivity index (χ2v) is 2.71. The first-order valence-electron chi connectivity index (χ1n) is 4.02. The Hall–Kier alpha value is -1.56. The molecule has 1 aromatic rings. The lowest BCUT2D eigenvalue weighted by molar-refractivity contribution is 0.0147. The van der Waals surface area contributed by atoms with Gasteiger partial charge in [-0.1, -0.05) is 10.3 Å². The van der Waals surface area contributed by atoms with Gasteiger partial charge in [0.05, 0.1) is 12.3 Å². The SMILES string of the molecule is [N-]=[N+]=NCCC(O)C(O)c1cnoc1. The summed E-state index contributed by atoms with van der Waals surface area (Å²) in [6.07, 6.45) is 0.717. The Morgan fingerprint density at radius 1 is 1.64 bits per heavy atom. The van der Waals surface area contributed by atoms with Crippen LogP contribution in [0.15, 0.2) is 22.1 Å². The molecule has 1 heterocycles. The Morgan fingerprint density at radius 3 is 3.00 bits per heavy atom. The second-order valence-electron chi connectivity index (χ2n) is 2.71. The number of aliphatic hydroxyl groups is 2. The predicted octanol–water partition coefficient (Wildman–Crippen LogP) is 0.769. The number of aliphatic hydroxyl groups excluding tert-OH is 2. The monoisotopic (exact) mass is 198 g/mol. The summed E-state index contributed by atoms with van der Waals surface area (Å²) in [6.45, 7) is 0.139. The van der Waals surface area contributed by atoms with Crippen LogP contribution in [0.3, 0.4) is 0 Å². The lowest BCUT2D eigenvalue weighted by Gasteiger charge is -2.14. The highest BCUT2D eigenvalue weighted by Crippen LogP contribution is 2.17. The van der Waals surface area contributed by atoms with Crippen molar-refractivity contribution in [2.45, 2.75) is 18.6 Å². The Balaban J connectivity index is 2.44. The number of rotatable bonds is 5. The first kappa shape index (κ1) is 10.5. The van der Waals surface area contributed by atoms with Crippen molar-refractivity contribution in [3.63, 3.8) is 0 Å².